The van der Waals surface area contributed by atoms with Gasteiger partial charge in [0.05, 0.1) is 0 Å². The second-order valence-corrected chi connectivity index (χ2v) is 3.28. The van der Waals surface area contributed by atoms with Crippen molar-refractivity contribution >= 4 is 22.7 Å². The third-order valence-corrected chi connectivity index (χ3v) is 2.12. The van der Waals surface area contributed by atoms with Crippen molar-refractivity contribution in [3.8, 4) is 0 Å². The van der Waals surface area contributed by atoms with Crippen LogP contribution in [0.3, 0.4) is 0 Å². The van der Waals surface area contributed by atoms with Crippen LogP contribution in [0.5, 0.6) is 0 Å². The van der Waals surface area contributed by atoms with E-state index in [1.54, 1.807) is 18.2 Å². The van der Waals surface area contributed by atoms with Crippen LogP contribution < -0.4 is 5.73 Å². The Bertz CT molecular complexity index is 520. The first-order valence-electron chi connectivity index (χ1n) is 4.43. The second-order valence-electron chi connectivity index (χ2n) is 3.28. The Morgan fingerprint density at radius 2 is 2.13 bits per heavy atom. The number of carbonyl (C=O) groups is 1. The average Bonchev–Trinajstić information content (AvgIpc) is 2.58. The molecular formula is C9H10N4O2. The Balaban J connectivity index is 2.51. The van der Waals surface area contributed by atoms with Crippen LogP contribution in [0.25, 0.3) is 11.0 Å². The van der Waals surface area contributed by atoms with E-state index in [0.717, 1.165) is 0 Å². The summed E-state index contributed by atoms with van der Waals surface area (Å²) in [5, 5.41) is 16.9. The zero-order valence-corrected chi connectivity index (χ0v) is 8.08. The lowest BCUT2D eigenvalue weighted by Crippen LogP contribution is -2.17. The van der Waals surface area contributed by atoms with E-state index in [1.807, 2.05) is 0 Å². The third-order valence-electron chi connectivity index (χ3n) is 2.12. The molecule has 1 aromatic carbocycles. The molecule has 78 valence electrons. The summed E-state index contributed by atoms with van der Waals surface area (Å²) in [5.41, 5.74) is 7.39. The largest absolute Gasteiger partial charge is 0.480 e. The van der Waals surface area contributed by atoms with Crippen LogP contribution in [-0.2, 0) is 4.79 Å². The number of benzene rings is 1. The molecule has 0 spiro atoms. The van der Waals surface area contributed by atoms with E-state index < -0.39 is 12.0 Å². The minimum atomic E-state index is -0.969. The van der Waals surface area contributed by atoms with E-state index in [9.17, 15) is 4.79 Å². The first-order valence-corrected chi connectivity index (χ1v) is 4.43. The molecule has 3 N–H and O–H groups in total. The molecule has 6 heteroatoms. The van der Waals surface area contributed by atoms with Gasteiger partial charge in [-0.25, -0.2) is 4.79 Å². The van der Waals surface area contributed by atoms with Gasteiger partial charge < -0.3 is 10.8 Å². The number of carboxylic acids is 1. The van der Waals surface area contributed by atoms with Gasteiger partial charge >= 0.3 is 5.97 Å². The van der Waals surface area contributed by atoms with E-state index in [-0.39, 0.29) is 0 Å². The van der Waals surface area contributed by atoms with Gasteiger partial charge in [0.2, 0.25) is 0 Å². The van der Waals surface area contributed by atoms with Crippen molar-refractivity contribution in [1.29, 1.82) is 0 Å². The van der Waals surface area contributed by atoms with Crippen molar-refractivity contribution in [3.05, 3.63) is 18.2 Å². The summed E-state index contributed by atoms with van der Waals surface area (Å²) in [4.78, 5) is 11.9. The number of hydrogen-bond acceptors (Lipinski definition) is 4. The highest BCUT2D eigenvalue weighted by Crippen LogP contribution is 2.14. The number of aromatic nitrogens is 3. The highest BCUT2D eigenvalue weighted by atomic mass is 16.4. The molecule has 0 fully saturated rings. The zero-order chi connectivity index (χ0) is 11.0. The van der Waals surface area contributed by atoms with Crippen molar-refractivity contribution in [2.24, 2.45) is 0 Å². The summed E-state index contributed by atoms with van der Waals surface area (Å²) >= 11 is 0. The van der Waals surface area contributed by atoms with E-state index in [1.165, 1.54) is 11.7 Å². The lowest BCUT2D eigenvalue weighted by molar-refractivity contribution is -0.140. The Morgan fingerprint density at radius 3 is 2.80 bits per heavy atom. The van der Waals surface area contributed by atoms with Crippen molar-refractivity contribution in [2.75, 3.05) is 5.73 Å². The predicted octanol–water partition coefficient (Wildman–Crippen LogP) is 0.659. The fourth-order valence-electron chi connectivity index (χ4n) is 1.22. The van der Waals surface area contributed by atoms with Crippen molar-refractivity contribution in [1.82, 2.24) is 15.0 Å². The lowest BCUT2D eigenvalue weighted by Gasteiger charge is -2.02. The van der Waals surface area contributed by atoms with Crippen LogP contribution in [0.4, 0.5) is 5.69 Å². The predicted molar refractivity (Wildman–Crippen MR) is 54.3 cm³/mol. The van der Waals surface area contributed by atoms with Crippen LogP contribution in [-0.4, -0.2) is 26.1 Å². The van der Waals surface area contributed by atoms with Gasteiger partial charge in [-0.3, -0.25) is 0 Å². The number of nitrogens with zero attached hydrogens (tertiary/aromatic N) is 3. The second kappa shape index (κ2) is 3.23. The maximum Gasteiger partial charge on any atom is 0.330 e. The van der Waals surface area contributed by atoms with Gasteiger partial charge in [-0.05, 0) is 25.1 Å². The molecule has 0 saturated heterocycles. The van der Waals surface area contributed by atoms with Crippen LogP contribution in [0.15, 0.2) is 18.2 Å². The molecule has 6 nitrogen and oxygen atoms in total. The highest BCUT2D eigenvalue weighted by Gasteiger charge is 2.16. The number of rotatable bonds is 2. The molecule has 0 saturated carbocycles. The molecule has 0 bridgehead atoms. The topological polar surface area (TPSA) is 94.0 Å². The summed E-state index contributed by atoms with van der Waals surface area (Å²) in [6.07, 6.45) is 0. The molecule has 0 unspecified atom stereocenters. The third kappa shape index (κ3) is 1.61. The van der Waals surface area contributed by atoms with Crippen molar-refractivity contribution in [3.63, 3.8) is 0 Å². The van der Waals surface area contributed by atoms with Gasteiger partial charge in [-0.1, -0.05) is 0 Å². The van der Waals surface area contributed by atoms with E-state index >= 15 is 0 Å². The van der Waals surface area contributed by atoms with Crippen molar-refractivity contribution < 1.29 is 9.90 Å². The molecule has 0 aliphatic rings. The van der Waals surface area contributed by atoms with E-state index in [4.69, 9.17) is 10.8 Å². The molecule has 0 amide bonds. The molecule has 15 heavy (non-hydrogen) atoms. The summed E-state index contributed by atoms with van der Waals surface area (Å²) in [5.74, 6) is -0.969. The SMILES string of the molecule is C[C@H](C(=O)O)n1nc2ccc(N)cc2n1. The zero-order valence-electron chi connectivity index (χ0n) is 8.08. The van der Waals surface area contributed by atoms with Crippen LogP contribution in [0, 0.1) is 0 Å². The molecule has 2 rings (SSSR count). The van der Waals surface area contributed by atoms with Crippen molar-refractivity contribution in [2.45, 2.75) is 13.0 Å². The summed E-state index contributed by atoms with van der Waals surface area (Å²) in [6.45, 7) is 1.52. The van der Waals surface area contributed by atoms with Gasteiger partial charge in [0, 0.05) is 5.69 Å². The Hall–Kier alpha value is -2.11. The first-order chi connectivity index (χ1) is 7.08. The lowest BCUT2D eigenvalue weighted by atomic mass is 10.3. The summed E-state index contributed by atoms with van der Waals surface area (Å²) in [6, 6.07) is 4.29. The van der Waals surface area contributed by atoms with Gasteiger partial charge in [0.15, 0.2) is 6.04 Å². The Kier molecular flexibility index (Phi) is 2.03. The maximum absolute atomic E-state index is 10.7. The van der Waals surface area contributed by atoms with Gasteiger partial charge in [-0.2, -0.15) is 15.0 Å². The minimum absolute atomic E-state index is 0.581. The van der Waals surface area contributed by atoms with Crippen LogP contribution in [0.1, 0.15) is 13.0 Å². The monoisotopic (exact) mass is 206 g/mol. The van der Waals surface area contributed by atoms with Crippen LogP contribution >= 0.6 is 0 Å². The summed E-state index contributed by atoms with van der Waals surface area (Å²) in [7, 11) is 0. The number of aliphatic carboxylic acids is 1. The fourth-order valence-corrected chi connectivity index (χ4v) is 1.22. The number of nitrogen functional groups attached to an aromatic ring is 1. The molecule has 1 heterocycles. The molecule has 1 aromatic heterocycles. The number of nitrogens with two attached hydrogens (primary N) is 1. The van der Waals surface area contributed by atoms with Gasteiger partial charge in [0.25, 0.3) is 0 Å². The molecule has 0 aliphatic heterocycles. The average molecular weight is 206 g/mol. The summed E-state index contributed by atoms with van der Waals surface area (Å²) < 4.78 is 0. The first kappa shape index (κ1) is 9.45. The normalized spacial score (nSPS) is 12.9. The van der Waals surface area contributed by atoms with E-state index in [2.05, 4.69) is 10.2 Å². The molecule has 0 radical (unpaired) electrons. The number of anilines is 1. The molecule has 1 atom stereocenters. The minimum Gasteiger partial charge on any atom is -0.480 e. The quantitative estimate of drug-likeness (QED) is 0.704. The Labute approximate surface area is 85.3 Å². The van der Waals surface area contributed by atoms with E-state index in [0.29, 0.717) is 16.7 Å². The molecular weight excluding hydrogens is 196 g/mol. The molecule has 0 aliphatic carbocycles. The maximum atomic E-state index is 10.7. The van der Waals surface area contributed by atoms with Crippen LogP contribution in [0.2, 0.25) is 0 Å². The highest BCUT2D eigenvalue weighted by molar-refractivity contribution is 5.78. The smallest absolute Gasteiger partial charge is 0.330 e. The number of carboxylic acid groups (broad SMARTS) is 1. The molecule has 2 aromatic rings. The van der Waals surface area contributed by atoms with Gasteiger partial charge in [-0.15, -0.1) is 0 Å². The van der Waals surface area contributed by atoms with Gasteiger partial charge in [0.1, 0.15) is 11.0 Å². The number of hydrogen-bond donors (Lipinski definition) is 2. The standard InChI is InChI=1S/C9H10N4O2/c1-5(9(14)15)13-11-7-3-2-6(10)4-8(7)12-13/h2-5H,10H2,1H3,(H,14,15)/t5-/m1/s1. The fraction of sp³-hybridized carbons (Fsp3) is 0.222. The number of fused-ring (bicyclic) bond motifs is 1. The Morgan fingerprint density at radius 1 is 1.47 bits per heavy atom.